The minimum atomic E-state index is -0.665. The molecule has 5 nitrogen and oxygen atoms in total. The fourth-order valence-corrected chi connectivity index (χ4v) is 3.28. The molecular formula is C22H29NO4. The van der Waals surface area contributed by atoms with Gasteiger partial charge in [0.15, 0.2) is 0 Å². The monoisotopic (exact) mass is 371 g/mol. The lowest BCUT2D eigenvalue weighted by atomic mass is 9.82. The van der Waals surface area contributed by atoms with Crippen molar-refractivity contribution in [2.75, 3.05) is 14.2 Å². The maximum absolute atomic E-state index is 12.1. The number of carbonyl (C=O) groups excluding carboxylic acids is 1. The molecule has 2 aromatic carbocycles. The van der Waals surface area contributed by atoms with E-state index in [4.69, 9.17) is 19.9 Å². The second-order valence-corrected chi connectivity index (χ2v) is 6.85. The van der Waals surface area contributed by atoms with E-state index < -0.39 is 12.0 Å². The maximum atomic E-state index is 12.1. The second-order valence-electron chi connectivity index (χ2n) is 6.85. The first kappa shape index (κ1) is 20.8. The van der Waals surface area contributed by atoms with Crippen molar-refractivity contribution >= 4 is 5.97 Å². The van der Waals surface area contributed by atoms with Crippen molar-refractivity contribution in [3.8, 4) is 11.5 Å². The Balaban J connectivity index is 2.53. The molecule has 0 aliphatic carbocycles. The molecule has 0 radical (unpaired) electrons. The zero-order chi connectivity index (χ0) is 20.1. The van der Waals surface area contributed by atoms with Gasteiger partial charge in [0, 0.05) is 5.92 Å². The lowest BCUT2D eigenvalue weighted by Crippen LogP contribution is -2.34. The first-order valence-electron chi connectivity index (χ1n) is 9.03. The number of nitrogens with two attached hydrogens (primary N) is 1. The van der Waals surface area contributed by atoms with Gasteiger partial charge in [0.05, 0.1) is 14.2 Å². The molecule has 0 fully saturated rings. The summed E-state index contributed by atoms with van der Waals surface area (Å²) < 4.78 is 16.3. The van der Waals surface area contributed by atoms with Crippen LogP contribution in [0.25, 0.3) is 0 Å². The van der Waals surface area contributed by atoms with Crippen molar-refractivity contribution in [1.82, 2.24) is 0 Å². The van der Waals surface area contributed by atoms with Crippen molar-refractivity contribution in [2.45, 2.75) is 45.8 Å². The predicted octanol–water partition coefficient (Wildman–Crippen LogP) is 3.73. The molecule has 0 unspecified atom stereocenters. The number of esters is 1. The molecule has 0 heterocycles. The first-order valence-corrected chi connectivity index (χ1v) is 9.03. The molecule has 0 aromatic heterocycles. The number of hydrogen-bond donors (Lipinski definition) is 1. The van der Waals surface area contributed by atoms with E-state index >= 15 is 0 Å². The van der Waals surface area contributed by atoms with E-state index in [1.807, 2.05) is 57.2 Å². The van der Waals surface area contributed by atoms with Gasteiger partial charge in [-0.15, -0.1) is 0 Å². The quantitative estimate of drug-likeness (QED) is 0.751. The van der Waals surface area contributed by atoms with Crippen molar-refractivity contribution in [3.05, 3.63) is 58.7 Å². The van der Waals surface area contributed by atoms with Gasteiger partial charge in [0.2, 0.25) is 0 Å². The third kappa shape index (κ3) is 4.80. The van der Waals surface area contributed by atoms with Gasteiger partial charge in [-0.2, -0.15) is 0 Å². The molecule has 27 heavy (non-hydrogen) atoms. The molecular weight excluding hydrogens is 342 g/mol. The number of carbonyl (C=O) groups is 1. The van der Waals surface area contributed by atoms with Crippen LogP contribution >= 0.6 is 0 Å². The van der Waals surface area contributed by atoms with Gasteiger partial charge in [0.1, 0.15) is 23.6 Å². The molecule has 2 N–H and O–H groups in total. The molecule has 5 heteroatoms. The summed E-state index contributed by atoms with van der Waals surface area (Å²) >= 11 is 0. The lowest BCUT2D eigenvalue weighted by Gasteiger charge is -2.28. The number of aryl methyl sites for hydroxylation is 2. The number of benzene rings is 2. The third-order valence-corrected chi connectivity index (χ3v) is 4.77. The van der Waals surface area contributed by atoms with E-state index in [1.165, 1.54) is 0 Å². The van der Waals surface area contributed by atoms with Gasteiger partial charge in [-0.25, -0.2) is 0 Å². The fraction of sp³-hybridized carbons (Fsp3) is 0.409. The smallest absolute Gasteiger partial charge is 0.322 e. The summed E-state index contributed by atoms with van der Waals surface area (Å²) in [6.45, 7) is 7.59. The minimum Gasteiger partial charge on any atom is -0.497 e. The van der Waals surface area contributed by atoms with Gasteiger partial charge >= 0.3 is 5.97 Å². The standard InChI is InChI=1S/C22H29NO4/c1-13-11-17(25-5)7-9-19(13)21(16(4)27-22(24)15(3)23)20-10-8-18(26-6)12-14(20)2/h7-12,15-16,21H,23H2,1-6H3/t15-,16-/m0/s1. The highest BCUT2D eigenvalue weighted by molar-refractivity contribution is 5.75. The van der Waals surface area contributed by atoms with Crippen molar-refractivity contribution < 1.29 is 19.0 Å². The summed E-state index contributed by atoms with van der Waals surface area (Å²) in [6.07, 6.45) is -0.386. The molecule has 0 aliphatic heterocycles. The Kier molecular flexibility index (Phi) is 6.86. The zero-order valence-electron chi connectivity index (χ0n) is 16.9. The molecule has 0 saturated heterocycles. The second kappa shape index (κ2) is 8.91. The van der Waals surface area contributed by atoms with E-state index in [0.29, 0.717) is 0 Å². The van der Waals surface area contributed by atoms with Crippen molar-refractivity contribution in [2.24, 2.45) is 5.73 Å². The van der Waals surface area contributed by atoms with Crippen molar-refractivity contribution in [1.29, 1.82) is 0 Å². The van der Waals surface area contributed by atoms with Crippen LogP contribution in [0.15, 0.2) is 36.4 Å². The Morgan fingerprint density at radius 3 is 1.67 bits per heavy atom. The van der Waals surface area contributed by atoms with Crippen LogP contribution < -0.4 is 15.2 Å². The minimum absolute atomic E-state index is 0.135. The van der Waals surface area contributed by atoms with E-state index in [9.17, 15) is 4.79 Å². The first-order chi connectivity index (χ1) is 12.8. The van der Waals surface area contributed by atoms with Crippen LogP contribution in [0.5, 0.6) is 11.5 Å². The number of ether oxygens (including phenoxy) is 3. The Morgan fingerprint density at radius 2 is 1.33 bits per heavy atom. The average Bonchev–Trinajstić information content (AvgIpc) is 2.64. The van der Waals surface area contributed by atoms with Crippen LogP contribution in [0.4, 0.5) is 0 Å². The molecule has 146 valence electrons. The highest BCUT2D eigenvalue weighted by Crippen LogP contribution is 2.36. The molecule has 0 aliphatic rings. The van der Waals surface area contributed by atoms with E-state index in [2.05, 4.69) is 0 Å². The summed E-state index contributed by atoms with van der Waals surface area (Å²) in [5.41, 5.74) is 9.98. The van der Waals surface area contributed by atoms with Crippen LogP contribution in [0.2, 0.25) is 0 Å². The van der Waals surface area contributed by atoms with Gasteiger partial charge in [-0.3, -0.25) is 4.79 Å². The molecule has 0 bridgehead atoms. The van der Waals surface area contributed by atoms with Crippen LogP contribution in [0, 0.1) is 13.8 Å². The third-order valence-electron chi connectivity index (χ3n) is 4.77. The average molecular weight is 371 g/mol. The Bertz CT molecular complexity index is 747. The van der Waals surface area contributed by atoms with E-state index in [-0.39, 0.29) is 12.0 Å². The van der Waals surface area contributed by atoms with Crippen LogP contribution in [-0.4, -0.2) is 32.3 Å². The normalized spacial score (nSPS) is 13.2. The molecule has 2 atom stereocenters. The zero-order valence-corrected chi connectivity index (χ0v) is 16.9. The highest BCUT2D eigenvalue weighted by Gasteiger charge is 2.28. The lowest BCUT2D eigenvalue weighted by molar-refractivity contribution is -0.150. The largest absolute Gasteiger partial charge is 0.497 e. The topological polar surface area (TPSA) is 70.8 Å². The maximum Gasteiger partial charge on any atom is 0.322 e. The van der Waals surface area contributed by atoms with Gasteiger partial charge in [-0.1, -0.05) is 12.1 Å². The summed E-state index contributed by atoms with van der Waals surface area (Å²) in [5.74, 6) is 1.04. The molecule has 0 saturated carbocycles. The SMILES string of the molecule is COc1ccc(C(c2ccc(OC)cc2C)[C@H](C)OC(=O)[C@H](C)N)c(C)c1. The van der Waals surface area contributed by atoms with E-state index in [1.54, 1.807) is 21.1 Å². The van der Waals surface area contributed by atoms with Gasteiger partial charge < -0.3 is 19.9 Å². The molecule has 2 rings (SSSR count). The fourth-order valence-electron chi connectivity index (χ4n) is 3.28. The van der Waals surface area contributed by atoms with Crippen LogP contribution in [-0.2, 0) is 9.53 Å². The Labute approximate surface area is 161 Å². The van der Waals surface area contributed by atoms with Crippen LogP contribution in [0.3, 0.4) is 0 Å². The molecule has 0 spiro atoms. The number of hydrogen-bond acceptors (Lipinski definition) is 5. The van der Waals surface area contributed by atoms with Crippen molar-refractivity contribution in [3.63, 3.8) is 0 Å². The summed E-state index contributed by atoms with van der Waals surface area (Å²) in [6, 6.07) is 11.2. The van der Waals surface area contributed by atoms with Crippen LogP contribution in [0.1, 0.15) is 42.0 Å². The molecule has 2 aromatic rings. The van der Waals surface area contributed by atoms with Gasteiger partial charge in [0.25, 0.3) is 0 Å². The summed E-state index contributed by atoms with van der Waals surface area (Å²) in [7, 11) is 3.29. The van der Waals surface area contributed by atoms with Gasteiger partial charge in [-0.05, 0) is 74.2 Å². The predicted molar refractivity (Wildman–Crippen MR) is 107 cm³/mol. The van der Waals surface area contributed by atoms with E-state index in [0.717, 1.165) is 33.8 Å². The molecule has 0 amide bonds. The Hall–Kier alpha value is -2.53. The number of methoxy groups -OCH3 is 2. The summed E-state index contributed by atoms with van der Waals surface area (Å²) in [4.78, 5) is 12.1. The Morgan fingerprint density at radius 1 is 0.889 bits per heavy atom. The highest BCUT2D eigenvalue weighted by atomic mass is 16.5. The summed E-state index contributed by atoms with van der Waals surface area (Å²) in [5, 5.41) is 0. The number of rotatable bonds is 7.